The third kappa shape index (κ3) is 2.97. The van der Waals surface area contributed by atoms with Gasteiger partial charge in [0.05, 0.1) is 12.5 Å². The van der Waals surface area contributed by atoms with Gasteiger partial charge in [-0.2, -0.15) is 0 Å². The van der Waals surface area contributed by atoms with Crippen LogP contribution in [0.3, 0.4) is 0 Å². The molecule has 0 bridgehead atoms. The van der Waals surface area contributed by atoms with Gasteiger partial charge in [-0.3, -0.25) is 0 Å². The lowest BCUT2D eigenvalue weighted by Crippen LogP contribution is -2.39. The Labute approximate surface area is 111 Å². The Hall–Kier alpha value is -0.760. The van der Waals surface area contributed by atoms with Gasteiger partial charge in [0, 0.05) is 0 Å². The van der Waals surface area contributed by atoms with Crippen LogP contribution in [0.5, 0.6) is 0 Å². The summed E-state index contributed by atoms with van der Waals surface area (Å²) >= 11 is 0. The predicted octanol–water partition coefficient (Wildman–Crippen LogP) is 4.00. The molecule has 0 saturated heterocycles. The fraction of sp³-hybridized carbons (Fsp3) is 0.750. The van der Waals surface area contributed by atoms with Crippen molar-refractivity contribution in [1.29, 1.82) is 0 Å². The van der Waals surface area contributed by atoms with Crippen LogP contribution >= 0.6 is 0 Å². The Bertz CT molecular complexity index is 353. The van der Waals surface area contributed by atoms with Gasteiger partial charge in [0.1, 0.15) is 0 Å². The molecule has 0 radical (unpaired) electrons. The molecular weight excluding hydrogens is 222 g/mol. The normalized spacial score (nSPS) is 29.4. The minimum atomic E-state index is 0.311. The van der Waals surface area contributed by atoms with E-state index < -0.39 is 0 Å². The highest BCUT2D eigenvalue weighted by Gasteiger charge is 2.37. The summed E-state index contributed by atoms with van der Waals surface area (Å²) in [6.45, 7) is 7.89. The van der Waals surface area contributed by atoms with Crippen LogP contribution in [-0.4, -0.2) is 6.54 Å². The van der Waals surface area contributed by atoms with Crippen LogP contribution in [0.2, 0.25) is 0 Å². The van der Waals surface area contributed by atoms with Crippen molar-refractivity contribution in [2.45, 2.75) is 52.9 Å². The van der Waals surface area contributed by atoms with E-state index >= 15 is 0 Å². The number of hydrogen-bond acceptors (Lipinski definition) is 2. The lowest BCUT2D eigenvalue weighted by molar-refractivity contribution is 0.0925. The molecule has 1 heterocycles. The summed E-state index contributed by atoms with van der Waals surface area (Å²) in [4.78, 5) is 0. The molecule has 0 unspecified atom stereocenters. The lowest BCUT2D eigenvalue weighted by Gasteiger charge is -2.43. The summed E-state index contributed by atoms with van der Waals surface area (Å²) in [7, 11) is 0. The molecule has 1 aromatic heterocycles. The first kappa shape index (κ1) is 13.7. The first-order valence-corrected chi connectivity index (χ1v) is 7.16. The molecule has 1 fully saturated rings. The molecule has 2 heteroatoms. The quantitative estimate of drug-likeness (QED) is 0.879. The monoisotopic (exact) mass is 249 g/mol. The molecule has 0 spiro atoms. The van der Waals surface area contributed by atoms with E-state index in [2.05, 4.69) is 26.8 Å². The molecule has 0 aliphatic heterocycles. The summed E-state index contributed by atoms with van der Waals surface area (Å²) in [5.74, 6) is 0.849. The van der Waals surface area contributed by atoms with Crippen LogP contribution in [0.25, 0.3) is 0 Å². The molecule has 2 rings (SSSR count). The summed E-state index contributed by atoms with van der Waals surface area (Å²) < 4.78 is 5.18. The van der Waals surface area contributed by atoms with Gasteiger partial charge < -0.3 is 10.2 Å². The van der Waals surface area contributed by atoms with Gasteiger partial charge in [0.15, 0.2) is 0 Å². The summed E-state index contributed by atoms with van der Waals surface area (Å²) in [5.41, 5.74) is 8.13. The standard InChI is InChI=1S/C16H27NO/c1-15(2,3)14-4-7-16(12-17,8-5-14)10-13-6-9-18-11-13/h6,9,11,14H,4-5,7-8,10,12,17H2,1-3H3. The van der Waals surface area contributed by atoms with Crippen LogP contribution in [0.4, 0.5) is 0 Å². The minimum absolute atomic E-state index is 0.311. The van der Waals surface area contributed by atoms with Crippen molar-refractivity contribution in [2.75, 3.05) is 6.54 Å². The number of hydrogen-bond donors (Lipinski definition) is 1. The predicted molar refractivity (Wildman–Crippen MR) is 75.3 cm³/mol. The molecule has 18 heavy (non-hydrogen) atoms. The summed E-state index contributed by atoms with van der Waals surface area (Å²) in [5, 5.41) is 0. The van der Waals surface area contributed by atoms with Crippen molar-refractivity contribution in [3.63, 3.8) is 0 Å². The van der Waals surface area contributed by atoms with Gasteiger partial charge in [-0.25, -0.2) is 0 Å². The molecule has 0 atom stereocenters. The highest BCUT2D eigenvalue weighted by atomic mass is 16.3. The van der Waals surface area contributed by atoms with Crippen LogP contribution in [-0.2, 0) is 6.42 Å². The largest absolute Gasteiger partial charge is 0.472 e. The average Bonchev–Trinajstić information content (AvgIpc) is 2.81. The minimum Gasteiger partial charge on any atom is -0.472 e. The lowest BCUT2D eigenvalue weighted by atomic mass is 9.62. The molecule has 2 N–H and O–H groups in total. The smallest absolute Gasteiger partial charge is 0.0934 e. The Kier molecular flexibility index (Phi) is 3.86. The molecule has 102 valence electrons. The third-order valence-corrected chi connectivity index (χ3v) is 4.86. The highest BCUT2D eigenvalue weighted by molar-refractivity contribution is 5.10. The number of furan rings is 1. The summed E-state index contributed by atoms with van der Waals surface area (Å²) in [6, 6.07) is 2.08. The highest BCUT2D eigenvalue weighted by Crippen LogP contribution is 2.46. The molecule has 1 aliphatic rings. The van der Waals surface area contributed by atoms with Crippen molar-refractivity contribution >= 4 is 0 Å². The SMILES string of the molecule is CC(C)(C)C1CCC(CN)(Cc2ccoc2)CC1. The number of rotatable bonds is 3. The van der Waals surface area contributed by atoms with Gasteiger partial charge in [0.2, 0.25) is 0 Å². The van der Waals surface area contributed by atoms with Gasteiger partial charge in [0.25, 0.3) is 0 Å². The van der Waals surface area contributed by atoms with Crippen molar-refractivity contribution in [1.82, 2.24) is 0 Å². The van der Waals surface area contributed by atoms with Crippen LogP contribution in [0.15, 0.2) is 23.0 Å². The second-order valence-electron chi connectivity index (χ2n) is 7.15. The second kappa shape index (κ2) is 5.08. The van der Waals surface area contributed by atoms with Crippen LogP contribution in [0, 0.1) is 16.7 Å². The van der Waals surface area contributed by atoms with E-state index in [1.807, 2.05) is 6.26 Å². The molecule has 1 aromatic rings. The zero-order valence-corrected chi connectivity index (χ0v) is 12.0. The molecule has 0 aromatic carbocycles. The van der Waals surface area contributed by atoms with E-state index in [4.69, 9.17) is 10.2 Å². The van der Waals surface area contributed by atoms with E-state index in [0.717, 1.165) is 18.9 Å². The van der Waals surface area contributed by atoms with Gasteiger partial charge in [-0.05, 0) is 67.0 Å². The number of nitrogens with two attached hydrogens (primary N) is 1. The van der Waals surface area contributed by atoms with Crippen LogP contribution < -0.4 is 5.73 Å². The molecule has 1 saturated carbocycles. The average molecular weight is 249 g/mol. The fourth-order valence-corrected chi connectivity index (χ4v) is 3.38. The van der Waals surface area contributed by atoms with E-state index in [9.17, 15) is 0 Å². The molecule has 1 aliphatic carbocycles. The van der Waals surface area contributed by atoms with E-state index in [-0.39, 0.29) is 0 Å². The zero-order chi connectivity index (χ0) is 13.2. The Morgan fingerprint density at radius 1 is 1.33 bits per heavy atom. The molecule has 2 nitrogen and oxygen atoms in total. The zero-order valence-electron chi connectivity index (χ0n) is 12.0. The Morgan fingerprint density at radius 2 is 2.00 bits per heavy atom. The van der Waals surface area contributed by atoms with E-state index in [0.29, 0.717) is 10.8 Å². The third-order valence-electron chi connectivity index (χ3n) is 4.86. The van der Waals surface area contributed by atoms with Crippen molar-refractivity contribution in [2.24, 2.45) is 22.5 Å². The maximum atomic E-state index is 6.08. The van der Waals surface area contributed by atoms with Crippen molar-refractivity contribution < 1.29 is 4.42 Å². The second-order valence-corrected chi connectivity index (χ2v) is 7.15. The van der Waals surface area contributed by atoms with Crippen molar-refractivity contribution in [3.05, 3.63) is 24.2 Å². The maximum Gasteiger partial charge on any atom is 0.0934 e. The van der Waals surface area contributed by atoms with E-state index in [1.54, 1.807) is 6.26 Å². The Morgan fingerprint density at radius 3 is 2.44 bits per heavy atom. The van der Waals surface area contributed by atoms with Gasteiger partial charge in [-0.15, -0.1) is 0 Å². The van der Waals surface area contributed by atoms with E-state index in [1.165, 1.54) is 31.2 Å². The van der Waals surface area contributed by atoms with Gasteiger partial charge in [-0.1, -0.05) is 20.8 Å². The van der Waals surface area contributed by atoms with Crippen LogP contribution in [0.1, 0.15) is 52.0 Å². The first-order chi connectivity index (χ1) is 8.45. The topological polar surface area (TPSA) is 39.2 Å². The van der Waals surface area contributed by atoms with Crippen molar-refractivity contribution in [3.8, 4) is 0 Å². The molecule has 0 amide bonds. The fourth-order valence-electron chi connectivity index (χ4n) is 3.38. The molecular formula is C16H27NO. The maximum absolute atomic E-state index is 6.08. The Balaban J connectivity index is 2.00. The summed E-state index contributed by atoms with van der Waals surface area (Å²) in [6.07, 6.45) is 9.87. The van der Waals surface area contributed by atoms with Gasteiger partial charge >= 0.3 is 0 Å². The first-order valence-electron chi connectivity index (χ1n) is 7.16.